The average Bonchev–Trinajstić information content (AvgIpc) is 3.17. The molecule has 1 atom stereocenters. The van der Waals surface area contributed by atoms with Gasteiger partial charge >= 0.3 is 5.97 Å². The van der Waals surface area contributed by atoms with E-state index in [0.29, 0.717) is 0 Å². The van der Waals surface area contributed by atoms with E-state index in [2.05, 4.69) is 5.32 Å². The fourth-order valence-corrected chi connectivity index (χ4v) is 1.75. The van der Waals surface area contributed by atoms with Crippen molar-refractivity contribution in [1.29, 1.82) is 0 Å². The van der Waals surface area contributed by atoms with Gasteiger partial charge in [-0.05, 0) is 50.8 Å². The Labute approximate surface area is 113 Å². The van der Waals surface area contributed by atoms with Crippen LogP contribution in [0.4, 0.5) is 5.69 Å². The Hall–Kier alpha value is -1.84. The molecule has 1 N–H and O–H groups in total. The summed E-state index contributed by atoms with van der Waals surface area (Å²) in [5, 5.41) is 2.80. The van der Waals surface area contributed by atoms with Crippen LogP contribution >= 0.6 is 0 Å². The van der Waals surface area contributed by atoms with E-state index in [1.807, 2.05) is 32.0 Å². The Balaban J connectivity index is 1.95. The van der Waals surface area contributed by atoms with Crippen LogP contribution in [0.25, 0.3) is 0 Å². The third kappa shape index (κ3) is 3.56. The van der Waals surface area contributed by atoms with Gasteiger partial charge in [-0.15, -0.1) is 0 Å². The van der Waals surface area contributed by atoms with Gasteiger partial charge in [0.15, 0.2) is 6.10 Å². The zero-order chi connectivity index (χ0) is 14.0. The normalized spacial score (nSPS) is 15.7. The molecule has 1 amide bonds. The van der Waals surface area contributed by atoms with E-state index in [1.165, 1.54) is 0 Å². The molecule has 0 unspecified atom stereocenters. The minimum atomic E-state index is -0.756. The first kappa shape index (κ1) is 13.6. The lowest BCUT2D eigenvalue weighted by atomic mass is 10.1. The minimum absolute atomic E-state index is 0.0101. The topological polar surface area (TPSA) is 55.4 Å². The second kappa shape index (κ2) is 5.43. The maximum absolute atomic E-state index is 12.0. The highest BCUT2D eigenvalue weighted by molar-refractivity contribution is 5.95. The summed E-state index contributed by atoms with van der Waals surface area (Å²) in [6.45, 7) is 5.49. The molecule has 1 saturated carbocycles. The number of hydrogen-bond donors (Lipinski definition) is 1. The Morgan fingerprint density at radius 2 is 2.00 bits per heavy atom. The second-order valence-electron chi connectivity index (χ2n) is 5.16. The van der Waals surface area contributed by atoms with Gasteiger partial charge in [-0.1, -0.05) is 12.1 Å². The first-order valence-electron chi connectivity index (χ1n) is 6.56. The summed E-state index contributed by atoms with van der Waals surface area (Å²) in [4.78, 5) is 23.5. The van der Waals surface area contributed by atoms with Crippen LogP contribution in [0, 0.1) is 19.8 Å². The Morgan fingerprint density at radius 3 is 2.63 bits per heavy atom. The number of hydrogen-bond acceptors (Lipinski definition) is 3. The molecule has 0 aliphatic heterocycles. The first-order valence-corrected chi connectivity index (χ1v) is 6.56. The zero-order valence-electron chi connectivity index (χ0n) is 11.5. The molecule has 0 radical (unpaired) electrons. The van der Waals surface area contributed by atoms with Crippen molar-refractivity contribution in [3.63, 3.8) is 0 Å². The highest BCUT2D eigenvalue weighted by Gasteiger charge is 2.33. The number of esters is 1. The summed E-state index contributed by atoms with van der Waals surface area (Å²) in [5.74, 6) is -0.540. The van der Waals surface area contributed by atoms with E-state index < -0.39 is 6.10 Å². The molecular formula is C15H19NO3. The monoisotopic (exact) mass is 261 g/mol. The smallest absolute Gasteiger partial charge is 0.309 e. The van der Waals surface area contributed by atoms with Gasteiger partial charge in [-0.3, -0.25) is 9.59 Å². The summed E-state index contributed by atoms with van der Waals surface area (Å²) < 4.78 is 5.13. The van der Waals surface area contributed by atoms with Gasteiger partial charge in [0.25, 0.3) is 5.91 Å². The molecule has 1 aliphatic rings. The quantitative estimate of drug-likeness (QED) is 0.847. The predicted octanol–water partition coefficient (Wildman–Crippen LogP) is 2.58. The fourth-order valence-electron chi connectivity index (χ4n) is 1.75. The van der Waals surface area contributed by atoms with E-state index in [0.717, 1.165) is 29.7 Å². The summed E-state index contributed by atoms with van der Waals surface area (Å²) >= 11 is 0. The molecule has 0 heterocycles. The molecule has 0 bridgehead atoms. The largest absolute Gasteiger partial charge is 0.452 e. The van der Waals surface area contributed by atoms with Gasteiger partial charge < -0.3 is 10.1 Å². The van der Waals surface area contributed by atoms with E-state index in [9.17, 15) is 9.59 Å². The molecule has 4 heteroatoms. The highest BCUT2D eigenvalue weighted by Crippen LogP contribution is 2.30. The lowest BCUT2D eigenvalue weighted by molar-refractivity contribution is -0.154. The standard InChI is InChI=1S/C15H19NO3/c1-9-4-5-10(2)13(8-9)16-14(17)11(3)19-15(18)12-6-7-12/h4-5,8,11-12H,6-7H2,1-3H3,(H,16,17)/t11-/m1/s1. The van der Waals surface area contributed by atoms with Crippen LogP contribution in [0.15, 0.2) is 18.2 Å². The molecule has 0 aromatic heterocycles. The van der Waals surface area contributed by atoms with Gasteiger partial charge in [0.05, 0.1) is 5.92 Å². The number of rotatable bonds is 4. The lowest BCUT2D eigenvalue weighted by Crippen LogP contribution is -2.30. The minimum Gasteiger partial charge on any atom is -0.452 e. The van der Waals surface area contributed by atoms with Crippen LogP contribution in [-0.4, -0.2) is 18.0 Å². The zero-order valence-corrected chi connectivity index (χ0v) is 11.5. The molecule has 19 heavy (non-hydrogen) atoms. The molecule has 1 fully saturated rings. The maximum atomic E-state index is 12.0. The molecule has 0 spiro atoms. The van der Waals surface area contributed by atoms with E-state index in [-0.39, 0.29) is 17.8 Å². The number of aryl methyl sites for hydroxylation is 2. The molecule has 4 nitrogen and oxygen atoms in total. The molecule has 0 saturated heterocycles. The van der Waals surface area contributed by atoms with E-state index in [1.54, 1.807) is 6.92 Å². The van der Waals surface area contributed by atoms with Gasteiger partial charge in [-0.25, -0.2) is 0 Å². The Bertz CT molecular complexity index is 506. The highest BCUT2D eigenvalue weighted by atomic mass is 16.5. The van der Waals surface area contributed by atoms with Crippen LogP contribution in [0.2, 0.25) is 0 Å². The number of anilines is 1. The van der Waals surface area contributed by atoms with Crippen LogP contribution in [0.5, 0.6) is 0 Å². The number of amides is 1. The SMILES string of the molecule is Cc1ccc(C)c(NC(=O)[C@@H](C)OC(=O)C2CC2)c1. The van der Waals surface area contributed by atoms with Crippen LogP contribution in [-0.2, 0) is 14.3 Å². The van der Waals surface area contributed by atoms with E-state index in [4.69, 9.17) is 4.74 Å². The maximum Gasteiger partial charge on any atom is 0.309 e. The van der Waals surface area contributed by atoms with Crippen molar-refractivity contribution >= 4 is 17.6 Å². The van der Waals surface area contributed by atoms with Crippen LogP contribution in [0.1, 0.15) is 30.9 Å². The summed E-state index contributed by atoms with van der Waals surface area (Å²) in [5.41, 5.74) is 2.82. The number of nitrogens with one attached hydrogen (secondary N) is 1. The molecule has 1 aromatic carbocycles. The van der Waals surface area contributed by atoms with Crippen molar-refractivity contribution in [3.05, 3.63) is 29.3 Å². The van der Waals surface area contributed by atoms with Gasteiger partial charge in [0, 0.05) is 5.69 Å². The summed E-state index contributed by atoms with van der Waals surface area (Å²) in [6.07, 6.45) is 1.00. The predicted molar refractivity (Wildman–Crippen MR) is 72.8 cm³/mol. The number of benzene rings is 1. The van der Waals surface area contributed by atoms with Crippen molar-refractivity contribution in [3.8, 4) is 0 Å². The Kier molecular flexibility index (Phi) is 3.88. The first-order chi connectivity index (χ1) is 8.97. The van der Waals surface area contributed by atoms with Crippen molar-refractivity contribution in [2.75, 3.05) is 5.32 Å². The summed E-state index contributed by atoms with van der Waals surface area (Å²) in [6, 6.07) is 5.84. The Morgan fingerprint density at radius 1 is 1.32 bits per heavy atom. The molecule has 102 valence electrons. The van der Waals surface area contributed by atoms with Crippen molar-refractivity contribution in [2.45, 2.75) is 39.7 Å². The third-order valence-electron chi connectivity index (χ3n) is 3.22. The molecule has 1 aliphatic carbocycles. The number of carbonyl (C=O) groups is 2. The van der Waals surface area contributed by atoms with Gasteiger partial charge in [0.1, 0.15) is 0 Å². The molecule has 2 rings (SSSR count). The van der Waals surface area contributed by atoms with Crippen molar-refractivity contribution in [2.24, 2.45) is 5.92 Å². The average molecular weight is 261 g/mol. The van der Waals surface area contributed by atoms with E-state index >= 15 is 0 Å². The number of ether oxygens (including phenoxy) is 1. The number of carbonyl (C=O) groups excluding carboxylic acids is 2. The second-order valence-corrected chi connectivity index (χ2v) is 5.16. The lowest BCUT2D eigenvalue weighted by Gasteiger charge is -2.15. The fraction of sp³-hybridized carbons (Fsp3) is 0.467. The van der Waals surface area contributed by atoms with Crippen molar-refractivity contribution < 1.29 is 14.3 Å². The van der Waals surface area contributed by atoms with Crippen LogP contribution in [0.3, 0.4) is 0 Å². The van der Waals surface area contributed by atoms with Crippen LogP contribution < -0.4 is 5.32 Å². The van der Waals surface area contributed by atoms with Gasteiger partial charge in [-0.2, -0.15) is 0 Å². The third-order valence-corrected chi connectivity index (χ3v) is 3.22. The summed E-state index contributed by atoms with van der Waals surface area (Å²) in [7, 11) is 0. The van der Waals surface area contributed by atoms with Crippen molar-refractivity contribution in [1.82, 2.24) is 0 Å². The van der Waals surface area contributed by atoms with Gasteiger partial charge in [0.2, 0.25) is 0 Å². The molecular weight excluding hydrogens is 242 g/mol. The molecule has 1 aromatic rings.